The Morgan fingerprint density at radius 2 is 1.54 bits per heavy atom. The van der Waals surface area contributed by atoms with Crippen LogP contribution in [0.2, 0.25) is 0 Å². The highest BCUT2D eigenvalue weighted by Crippen LogP contribution is 2.31. The maximum atomic E-state index is 3.72. The van der Waals surface area contributed by atoms with Crippen LogP contribution < -0.4 is 5.32 Å². The Hall–Kier alpha value is -0.0800. The number of fused-ring (bicyclic) bond motifs is 2. The number of likely N-dealkylation sites (tertiary alicyclic amines) is 1. The van der Waals surface area contributed by atoms with E-state index in [-0.39, 0.29) is 0 Å². The third-order valence-electron chi connectivity index (χ3n) is 4.11. The van der Waals surface area contributed by atoms with Crippen molar-refractivity contribution in [1.82, 2.24) is 10.2 Å². The molecule has 13 heavy (non-hydrogen) atoms. The van der Waals surface area contributed by atoms with Crippen LogP contribution in [0.25, 0.3) is 0 Å². The normalized spacial score (nSPS) is 45.7. The van der Waals surface area contributed by atoms with E-state index in [2.05, 4.69) is 10.2 Å². The first kappa shape index (κ1) is 8.25. The van der Waals surface area contributed by atoms with Gasteiger partial charge in [-0.3, -0.25) is 0 Å². The smallest absolute Gasteiger partial charge is 0.0125 e. The third kappa shape index (κ3) is 1.50. The zero-order chi connectivity index (χ0) is 8.67. The van der Waals surface area contributed by atoms with E-state index in [1.165, 1.54) is 51.6 Å². The van der Waals surface area contributed by atoms with Crippen LogP contribution in [0.5, 0.6) is 0 Å². The Kier molecular flexibility index (Phi) is 2.06. The molecule has 3 rings (SSSR count). The molecule has 2 heteroatoms. The zero-order valence-electron chi connectivity index (χ0n) is 8.34. The fraction of sp³-hybridized carbons (Fsp3) is 1.00. The molecule has 0 saturated carbocycles. The molecule has 2 nitrogen and oxygen atoms in total. The molecule has 0 aromatic carbocycles. The molecule has 3 saturated heterocycles. The highest BCUT2D eigenvalue weighted by atomic mass is 15.2. The molecular formula is C11H20N2. The molecule has 0 amide bonds. The molecule has 0 aliphatic carbocycles. The van der Waals surface area contributed by atoms with E-state index in [0.29, 0.717) is 0 Å². The van der Waals surface area contributed by atoms with Crippen LogP contribution in [0.15, 0.2) is 0 Å². The van der Waals surface area contributed by atoms with Crippen molar-refractivity contribution >= 4 is 0 Å². The van der Waals surface area contributed by atoms with E-state index in [4.69, 9.17) is 0 Å². The lowest BCUT2D eigenvalue weighted by Gasteiger charge is -2.35. The van der Waals surface area contributed by atoms with E-state index in [1.807, 2.05) is 0 Å². The van der Waals surface area contributed by atoms with Gasteiger partial charge in [-0.15, -0.1) is 0 Å². The van der Waals surface area contributed by atoms with Gasteiger partial charge in [0.25, 0.3) is 0 Å². The van der Waals surface area contributed by atoms with Crippen molar-refractivity contribution in [2.75, 3.05) is 13.1 Å². The summed E-state index contributed by atoms with van der Waals surface area (Å²) in [5, 5.41) is 3.72. The highest BCUT2D eigenvalue weighted by Gasteiger charge is 2.36. The molecule has 2 atom stereocenters. The van der Waals surface area contributed by atoms with Crippen molar-refractivity contribution in [3.8, 4) is 0 Å². The summed E-state index contributed by atoms with van der Waals surface area (Å²) in [7, 11) is 0. The van der Waals surface area contributed by atoms with Gasteiger partial charge in [0, 0.05) is 18.1 Å². The molecule has 3 aliphatic rings. The summed E-state index contributed by atoms with van der Waals surface area (Å²) in [6.07, 6.45) is 8.62. The first-order chi connectivity index (χ1) is 6.42. The van der Waals surface area contributed by atoms with Crippen molar-refractivity contribution in [3.63, 3.8) is 0 Å². The number of nitrogens with one attached hydrogen (secondary N) is 1. The lowest BCUT2D eigenvalue weighted by molar-refractivity contribution is 0.172. The van der Waals surface area contributed by atoms with Gasteiger partial charge in [-0.05, 0) is 51.6 Å². The summed E-state index contributed by atoms with van der Waals surface area (Å²) >= 11 is 0. The lowest BCUT2D eigenvalue weighted by atomic mass is 9.99. The maximum absolute atomic E-state index is 3.72. The summed E-state index contributed by atoms with van der Waals surface area (Å²) in [5.41, 5.74) is 0. The fourth-order valence-electron chi connectivity index (χ4n) is 3.43. The van der Waals surface area contributed by atoms with E-state index < -0.39 is 0 Å². The van der Waals surface area contributed by atoms with Gasteiger partial charge in [0.05, 0.1) is 0 Å². The van der Waals surface area contributed by atoms with Gasteiger partial charge in [-0.1, -0.05) is 0 Å². The first-order valence-electron chi connectivity index (χ1n) is 5.92. The molecule has 0 aromatic rings. The minimum atomic E-state index is 0.865. The van der Waals surface area contributed by atoms with Gasteiger partial charge < -0.3 is 10.2 Å². The molecular weight excluding hydrogens is 160 g/mol. The fourth-order valence-corrected chi connectivity index (χ4v) is 3.43. The molecule has 1 N–H and O–H groups in total. The minimum Gasteiger partial charge on any atom is -0.311 e. The summed E-state index contributed by atoms with van der Waals surface area (Å²) in [6, 6.07) is 2.66. The number of nitrogens with zero attached hydrogens (tertiary/aromatic N) is 1. The van der Waals surface area contributed by atoms with Gasteiger partial charge in [-0.25, -0.2) is 0 Å². The Morgan fingerprint density at radius 3 is 2.15 bits per heavy atom. The zero-order valence-corrected chi connectivity index (χ0v) is 8.34. The van der Waals surface area contributed by atoms with Crippen molar-refractivity contribution in [2.24, 2.45) is 0 Å². The second kappa shape index (κ2) is 3.25. The van der Waals surface area contributed by atoms with Gasteiger partial charge in [0.15, 0.2) is 0 Å². The summed E-state index contributed by atoms with van der Waals surface area (Å²) in [5.74, 6) is 0. The average molecular weight is 180 g/mol. The minimum absolute atomic E-state index is 0.865. The van der Waals surface area contributed by atoms with Crippen LogP contribution in [-0.2, 0) is 0 Å². The molecule has 3 aliphatic heterocycles. The second-order valence-electron chi connectivity index (χ2n) is 5.01. The highest BCUT2D eigenvalue weighted by molar-refractivity contribution is 4.96. The topological polar surface area (TPSA) is 15.3 Å². The molecule has 0 radical (unpaired) electrons. The van der Waals surface area contributed by atoms with E-state index in [9.17, 15) is 0 Å². The van der Waals surface area contributed by atoms with E-state index >= 15 is 0 Å². The van der Waals surface area contributed by atoms with Crippen LogP contribution in [0.4, 0.5) is 0 Å². The molecule has 3 fully saturated rings. The quantitative estimate of drug-likeness (QED) is 0.655. The third-order valence-corrected chi connectivity index (χ3v) is 4.11. The van der Waals surface area contributed by atoms with Crippen LogP contribution in [0.1, 0.15) is 38.5 Å². The largest absolute Gasteiger partial charge is 0.311 e. The van der Waals surface area contributed by atoms with Crippen LogP contribution in [0.3, 0.4) is 0 Å². The van der Waals surface area contributed by atoms with Gasteiger partial charge in [0.1, 0.15) is 0 Å². The van der Waals surface area contributed by atoms with Crippen LogP contribution in [0, 0.1) is 0 Å². The van der Waals surface area contributed by atoms with Crippen molar-refractivity contribution < 1.29 is 0 Å². The lowest BCUT2D eigenvalue weighted by Crippen LogP contribution is -2.47. The monoisotopic (exact) mass is 180 g/mol. The Balaban J connectivity index is 1.65. The van der Waals surface area contributed by atoms with Crippen molar-refractivity contribution in [1.29, 1.82) is 0 Å². The second-order valence-corrected chi connectivity index (χ2v) is 5.01. The van der Waals surface area contributed by atoms with Crippen molar-refractivity contribution in [3.05, 3.63) is 0 Å². The maximum Gasteiger partial charge on any atom is 0.0125 e. The molecule has 74 valence electrons. The SMILES string of the molecule is C1CCN(C2CC3CCC(C2)N3)C1. The molecule has 0 aromatic heterocycles. The van der Waals surface area contributed by atoms with E-state index in [0.717, 1.165) is 18.1 Å². The Bertz CT molecular complexity index is 175. The van der Waals surface area contributed by atoms with Crippen LogP contribution >= 0.6 is 0 Å². The van der Waals surface area contributed by atoms with Gasteiger partial charge >= 0.3 is 0 Å². The van der Waals surface area contributed by atoms with Gasteiger partial charge in [0.2, 0.25) is 0 Å². The molecule has 3 heterocycles. The van der Waals surface area contributed by atoms with E-state index in [1.54, 1.807) is 0 Å². The Labute approximate surface area is 80.7 Å². The first-order valence-corrected chi connectivity index (χ1v) is 5.92. The van der Waals surface area contributed by atoms with Crippen molar-refractivity contribution in [2.45, 2.75) is 56.7 Å². The predicted molar refractivity (Wildman–Crippen MR) is 53.8 cm³/mol. The van der Waals surface area contributed by atoms with Crippen LogP contribution in [-0.4, -0.2) is 36.1 Å². The number of hydrogen-bond acceptors (Lipinski definition) is 2. The Morgan fingerprint density at radius 1 is 0.923 bits per heavy atom. The predicted octanol–water partition coefficient (Wildman–Crippen LogP) is 1.37. The summed E-state index contributed by atoms with van der Waals surface area (Å²) < 4.78 is 0. The molecule has 0 spiro atoms. The molecule has 2 bridgehead atoms. The number of piperidine rings is 1. The standard InChI is InChI=1S/C11H20N2/c1-2-6-13(5-1)11-7-9-3-4-10(8-11)12-9/h9-12H,1-8H2. The molecule has 2 unspecified atom stereocenters. The average Bonchev–Trinajstić information content (AvgIpc) is 2.75. The summed E-state index contributed by atoms with van der Waals surface area (Å²) in [6.45, 7) is 2.76. The number of hydrogen-bond donors (Lipinski definition) is 1. The van der Waals surface area contributed by atoms with Gasteiger partial charge in [-0.2, -0.15) is 0 Å². The summed E-state index contributed by atoms with van der Waals surface area (Å²) in [4.78, 5) is 2.74. The number of rotatable bonds is 1.